The molecule has 0 heterocycles. The minimum atomic E-state index is -0.543. The highest BCUT2D eigenvalue weighted by molar-refractivity contribution is 7.98. The number of nitrogens with two attached hydrogens (primary N) is 1. The zero-order valence-electron chi connectivity index (χ0n) is 12.4. The van der Waals surface area contributed by atoms with Crippen molar-refractivity contribution in [2.75, 3.05) is 29.8 Å². The number of ether oxygens (including phenoxy) is 1. The van der Waals surface area contributed by atoms with Crippen molar-refractivity contribution in [3.8, 4) is 5.75 Å². The van der Waals surface area contributed by atoms with Crippen LogP contribution in [0.15, 0.2) is 18.2 Å². The van der Waals surface area contributed by atoms with Gasteiger partial charge < -0.3 is 21.1 Å². The van der Waals surface area contributed by atoms with E-state index in [1.165, 1.54) is 14.0 Å². The monoisotopic (exact) mass is 311 g/mol. The van der Waals surface area contributed by atoms with Crippen molar-refractivity contribution in [1.29, 1.82) is 0 Å². The van der Waals surface area contributed by atoms with Crippen LogP contribution < -0.4 is 21.1 Å². The van der Waals surface area contributed by atoms with Crippen molar-refractivity contribution < 1.29 is 14.3 Å². The highest BCUT2D eigenvalue weighted by Gasteiger charge is 2.14. The summed E-state index contributed by atoms with van der Waals surface area (Å²) in [5.74, 6) is 0.877. The normalized spacial score (nSPS) is 11.6. The third-order valence-corrected chi connectivity index (χ3v) is 3.39. The summed E-state index contributed by atoms with van der Waals surface area (Å²) >= 11 is 1.65. The summed E-state index contributed by atoms with van der Waals surface area (Å²) in [6.45, 7) is 1.42. The van der Waals surface area contributed by atoms with E-state index in [1.807, 2.05) is 6.26 Å². The molecule has 0 bridgehead atoms. The smallest absolute Gasteiger partial charge is 0.241 e. The minimum Gasteiger partial charge on any atom is -0.494 e. The van der Waals surface area contributed by atoms with Crippen LogP contribution in [0.2, 0.25) is 0 Å². The van der Waals surface area contributed by atoms with Gasteiger partial charge in [0.1, 0.15) is 5.75 Å². The highest BCUT2D eigenvalue weighted by atomic mass is 32.2. The summed E-state index contributed by atoms with van der Waals surface area (Å²) in [7, 11) is 1.50. The molecule has 0 saturated carbocycles. The minimum absolute atomic E-state index is 0.191. The Balaban J connectivity index is 2.76. The first-order valence-corrected chi connectivity index (χ1v) is 7.88. The molecule has 0 aliphatic rings. The van der Waals surface area contributed by atoms with Crippen LogP contribution in [-0.2, 0) is 9.59 Å². The fourth-order valence-electron chi connectivity index (χ4n) is 1.67. The Hall–Kier alpha value is -1.73. The third-order valence-electron chi connectivity index (χ3n) is 2.75. The lowest BCUT2D eigenvalue weighted by atomic mass is 10.2. The number of thioether (sulfide) groups is 1. The highest BCUT2D eigenvalue weighted by Crippen LogP contribution is 2.28. The number of carbonyl (C=O) groups is 2. The van der Waals surface area contributed by atoms with Gasteiger partial charge in [-0.05, 0) is 30.6 Å². The lowest BCUT2D eigenvalue weighted by molar-refractivity contribution is -0.117. The molecule has 4 N–H and O–H groups in total. The Bertz CT molecular complexity index is 508. The molecule has 0 aromatic heterocycles. The summed E-state index contributed by atoms with van der Waals surface area (Å²) < 4.78 is 5.19. The second-order valence-corrected chi connectivity index (χ2v) is 5.46. The molecular weight excluding hydrogens is 290 g/mol. The van der Waals surface area contributed by atoms with Crippen molar-refractivity contribution in [3.05, 3.63) is 18.2 Å². The van der Waals surface area contributed by atoms with Gasteiger partial charge in [-0.1, -0.05) is 0 Å². The van der Waals surface area contributed by atoms with Crippen LogP contribution in [0.1, 0.15) is 13.3 Å². The molecule has 1 aromatic rings. The topological polar surface area (TPSA) is 93.4 Å². The van der Waals surface area contributed by atoms with Gasteiger partial charge in [0.05, 0.1) is 18.8 Å². The average Bonchev–Trinajstić information content (AvgIpc) is 2.45. The van der Waals surface area contributed by atoms with E-state index >= 15 is 0 Å². The molecule has 1 aromatic carbocycles. The number of rotatable bonds is 7. The average molecular weight is 311 g/mol. The van der Waals surface area contributed by atoms with Crippen molar-refractivity contribution >= 4 is 35.0 Å². The molecule has 0 aliphatic heterocycles. The molecule has 0 saturated heterocycles. The Morgan fingerprint density at radius 2 is 2.10 bits per heavy atom. The van der Waals surface area contributed by atoms with Gasteiger partial charge in [-0.3, -0.25) is 9.59 Å². The third kappa shape index (κ3) is 5.65. The maximum atomic E-state index is 11.9. The molecule has 0 spiro atoms. The van der Waals surface area contributed by atoms with Crippen LogP contribution in [0.3, 0.4) is 0 Å². The lowest BCUT2D eigenvalue weighted by Gasteiger charge is -2.14. The van der Waals surface area contributed by atoms with Gasteiger partial charge in [0.15, 0.2) is 0 Å². The predicted octanol–water partition coefficient (Wildman–Crippen LogP) is 1.67. The molecular formula is C14H21N3O3S. The summed E-state index contributed by atoms with van der Waals surface area (Å²) in [5, 5.41) is 5.39. The second-order valence-electron chi connectivity index (χ2n) is 4.47. The molecule has 0 fully saturated rings. The van der Waals surface area contributed by atoms with E-state index in [1.54, 1.807) is 30.0 Å². The molecule has 1 rings (SSSR count). The van der Waals surface area contributed by atoms with Crippen LogP contribution in [0.25, 0.3) is 0 Å². The summed E-state index contributed by atoms with van der Waals surface area (Å²) in [6, 6.07) is 4.46. The van der Waals surface area contributed by atoms with E-state index in [0.29, 0.717) is 23.5 Å². The number of anilines is 2. The summed E-state index contributed by atoms with van der Waals surface area (Å²) in [5.41, 5.74) is 6.93. The fraction of sp³-hybridized carbons (Fsp3) is 0.429. The first kappa shape index (κ1) is 17.3. The number of hydrogen-bond donors (Lipinski definition) is 3. The molecule has 0 aliphatic carbocycles. The van der Waals surface area contributed by atoms with E-state index in [0.717, 1.165) is 5.75 Å². The van der Waals surface area contributed by atoms with Gasteiger partial charge in [-0.2, -0.15) is 11.8 Å². The second kappa shape index (κ2) is 8.53. The molecule has 6 nitrogen and oxygen atoms in total. The molecule has 116 valence electrons. The maximum absolute atomic E-state index is 11.9. The SMILES string of the molecule is COc1cc(NC(=O)[C@@H](N)CCSC)ccc1NC(C)=O. The van der Waals surface area contributed by atoms with Gasteiger partial charge in [0.2, 0.25) is 11.8 Å². The number of carbonyl (C=O) groups excluding carboxylic acids is 2. The molecule has 0 radical (unpaired) electrons. The largest absolute Gasteiger partial charge is 0.494 e. The Morgan fingerprint density at radius 1 is 1.38 bits per heavy atom. The Morgan fingerprint density at radius 3 is 2.67 bits per heavy atom. The molecule has 0 unspecified atom stereocenters. The van der Waals surface area contributed by atoms with E-state index in [4.69, 9.17) is 10.5 Å². The lowest BCUT2D eigenvalue weighted by Crippen LogP contribution is -2.36. The van der Waals surface area contributed by atoms with Crippen LogP contribution in [0, 0.1) is 0 Å². The van der Waals surface area contributed by atoms with Crippen molar-refractivity contribution in [2.24, 2.45) is 5.73 Å². The number of methoxy groups -OCH3 is 1. The molecule has 7 heteroatoms. The van der Waals surface area contributed by atoms with Crippen LogP contribution in [-0.4, -0.2) is 37.0 Å². The van der Waals surface area contributed by atoms with Crippen LogP contribution >= 0.6 is 11.8 Å². The standard InChI is InChI=1S/C14H21N3O3S/c1-9(18)16-12-5-4-10(8-13(12)20-2)17-14(19)11(15)6-7-21-3/h4-5,8,11H,6-7,15H2,1-3H3,(H,16,18)(H,17,19)/t11-/m0/s1. The van der Waals surface area contributed by atoms with E-state index in [-0.39, 0.29) is 11.8 Å². The fourth-order valence-corrected chi connectivity index (χ4v) is 2.16. The van der Waals surface area contributed by atoms with E-state index in [9.17, 15) is 9.59 Å². The van der Waals surface area contributed by atoms with Gasteiger partial charge in [0, 0.05) is 18.7 Å². The first-order valence-electron chi connectivity index (χ1n) is 6.49. The Kier molecular flexibility index (Phi) is 7.04. The number of benzene rings is 1. The van der Waals surface area contributed by atoms with Crippen molar-refractivity contribution in [1.82, 2.24) is 0 Å². The summed E-state index contributed by atoms with van der Waals surface area (Å²) in [4.78, 5) is 23.0. The van der Waals surface area contributed by atoms with Gasteiger partial charge >= 0.3 is 0 Å². The maximum Gasteiger partial charge on any atom is 0.241 e. The van der Waals surface area contributed by atoms with Crippen LogP contribution in [0.5, 0.6) is 5.75 Å². The summed E-state index contributed by atoms with van der Waals surface area (Å²) in [6.07, 6.45) is 2.59. The molecule has 2 amide bonds. The van der Waals surface area contributed by atoms with Crippen molar-refractivity contribution in [3.63, 3.8) is 0 Å². The van der Waals surface area contributed by atoms with E-state index in [2.05, 4.69) is 10.6 Å². The quantitative estimate of drug-likeness (QED) is 0.712. The Labute approximate surface area is 128 Å². The van der Waals surface area contributed by atoms with Gasteiger partial charge in [-0.15, -0.1) is 0 Å². The number of nitrogens with one attached hydrogen (secondary N) is 2. The molecule has 1 atom stereocenters. The number of hydrogen-bond acceptors (Lipinski definition) is 5. The number of amides is 2. The first-order chi connectivity index (χ1) is 9.97. The van der Waals surface area contributed by atoms with Gasteiger partial charge in [-0.25, -0.2) is 0 Å². The zero-order chi connectivity index (χ0) is 15.8. The predicted molar refractivity (Wildman–Crippen MR) is 86.9 cm³/mol. The van der Waals surface area contributed by atoms with Gasteiger partial charge in [0.25, 0.3) is 0 Å². The zero-order valence-corrected chi connectivity index (χ0v) is 13.3. The van der Waals surface area contributed by atoms with Crippen molar-refractivity contribution in [2.45, 2.75) is 19.4 Å². The van der Waals surface area contributed by atoms with Crippen LogP contribution in [0.4, 0.5) is 11.4 Å². The molecule has 21 heavy (non-hydrogen) atoms. The van der Waals surface area contributed by atoms with E-state index < -0.39 is 6.04 Å².